The van der Waals surface area contributed by atoms with Gasteiger partial charge in [0.1, 0.15) is 10.8 Å². The molecule has 0 bridgehead atoms. The fraction of sp³-hybridized carbons (Fsp3) is 0.143. The van der Waals surface area contributed by atoms with Gasteiger partial charge in [0.25, 0.3) is 0 Å². The summed E-state index contributed by atoms with van der Waals surface area (Å²) < 4.78 is 25.3. The SMILES string of the molecule is ONCc1cc(F)c(F)c(Cl)c1O. The van der Waals surface area contributed by atoms with Gasteiger partial charge in [0.15, 0.2) is 11.6 Å². The zero-order valence-corrected chi connectivity index (χ0v) is 7.07. The summed E-state index contributed by atoms with van der Waals surface area (Å²) in [5.74, 6) is -3.06. The molecule has 0 aliphatic heterocycles. The minimum absolute atomic E-state index is 0.0219. The van der Waals surface area contributed by atoms with Crippen molar-refractivity contribution in [3.05, 3.63) is 28.3 Å². The van der Waals surface area contributed by atoms with Crippen molar-refractivity contribution in [2.24, 2.45) is 0 Å². The Balaban J connectivity index is 3.24. The number of hydrogen-bond donors (Lipinski definition) is 3. The van der Waals surface area contributed by atoms with E-state index in [0.29, 0.717) is 0 Å². The first-order valence-electron chi connectivity index (χ1n) is 3.30. The van der Waals surface area contributed by atoms with E-state index in [-0.39, 0.29) is 12.1 Å². The standard InChI is InChI=1S/C7H6ClF2NO2/c8-5-6(10)4(9)1-3(2-11-13)7(5)12/h1,11-13H,2H2. The van der Waals surface area contributed by atoms with Gasteiger partial charge in [-0.1, -0.05) is 11.6 Å². The molecule has 6 heteroatoms. The van der Waals surface area contributed by atoms with E-state index in [9.17, 15) is 8.78 Å². The topological polar surface area (TPSA) is 52.5 Å². The molecular weight excluding hydrogens is 204 g/mol. The highest BCUT2D eigenvalue weighted by Crippen LogP contribution is 2.31. The largest absolute Gasteiger partial charge is 0.506 e. The highest BCUT2D eigenvalue weighted by Gasteiger charge is 2.15. The monoisotopic (exact) mass is 209 g/mol. The van der Waals surface area contributed by atoms with Crippen molar-refractivity contribution in [3.63, 3.8) is 0 Å². The van der Waals surface area contributed by atoms with Gasteiger partial charge in [0.2, 0.25) is 0 Å². The maximum atomic E-state index is 12.7. The van der Waals surface area contributed by atoms with Crippen LogP contribution < -0.4 is 5.48 Å². The number of hydroxylamine groups is 1. The van der Waals surface area contributed by atoms with Crippen LogP contribution in [-0.4, -0.2) is 10.3 Å². The molecule has 0 saturated carbocycles. The van der Waals surface area contributed by atoms with Gasteiger partial charge in [-0.15, -0.1) is 0 Å². The molecule has 0 unspecified atom stereocenters. The molecule has 13 heavy (non-hydrogen) atoms. The molecule has 0 saturated heterocycles. The predicted octanol–water partition coefficient (Wildman–Crippen LogP) is 1.80. The Bertz CT molecular complexity index is 333. The molecule has 0 fully saturated rings. The van der Waals surface area contributed by atoms with E-state index < -0.39 is 22.4 Å². The zero-order valence-electron chi connectivity index (χ0n) is 6.31. The number of phenolic OH excluding ortho intramolecular Hbond substituents is 1. The molecule has 72 valence electrons. The van der Waals surface area contributed by atoms with Gasteiger partial charge in [-0.05, 0) is 6.07 Å². The molecule has 0 aliphatic carbocycles. The summed E-state index contributed by atoms with van der Waals surface area (Å²) in [6, 6.07) is 0.750. The zero-order chi connectivity index (χ0) is 10.0. The van der Waals surface area contributed by atoms with E-state index in [2.05, 4.69) is 0 Å². The molecule has 3 nitrogen and oxygen atoms in total. The number of nitrogens with one attached hydrogen (secondary N) is 1. The number of rotatable bonds is 2. The molecule has 1 aromatic rings. The number of halogens is 3. The first kappa shape index (κ1) is 10.2. The van der Waals surface area contributed by atoms with Gasteiger partial charge in [0, 0.05) is 12.1 Å². The Labute approximate surface area is 77.5 Å². The normalized spacial score (nSPS) is 10.5. The van der Waals surface area contributed by atoms with Gasteiger partial charge in [-0.25, -0.2) is 14.3 Å². The van der Waals surface area contributed by atoms with Gasteiger partial charge in [0.05, 0.1) is 0 Å². The quantitative estimate of drug-likeness (QED) is 0.514. The minimum atomic E-state index is -1.30. The molecule has 0 aliphatic rings. The molecule has 3 N–H and O–H groups in total. The predicted molar refractivity (Wildman–Crippen MR) is 41.7 cm³/mol. The Morgan fingerprint density at radius 1 is 1.46 bits per heavy atom. The summed E-state index contributed by atoms with van der Waals surface area (Å²) in [6.07, 6.45) is 0. The summed E-state index contributed by atoms with van der Waals surface area (Å²) in [4.78, 5) is 0. The first-order valence-corrected chi connectivity index (χ1v) is 3.68. The van der Waals surface area contributed by atoms with Crippen LogP contribution in [0.5, 0.6) is 5.75 Å². The summed E-state index contributed by atoms with van der Waals surface area (Å²) >= 11 is 5.25. The second kappa shape index (κ2) is 3.87. The lowest BCUT2D eigenvalue weighted by Gasteiger charge is -2.06. The number of phenols is 1. The minimum Gasteiger partial charge on any atom is -0.506 e. The van der Waals surface area contributed by atoms with Gasteiger partial charge < -0.3 is 10.3 Å². The van der Waals surface area contributed by atoms with Crippen molar-refractivity contribution in [2.45, 2.75) is 6.54 Å². The average Bonchev–Trinajstić information content (AvgIpc) is 2.11. The number of aromatic hydroxyl groups is 1. The first-order chi connectivity index (χ1) is 6.07. The lowest BCUT2D eigenvalue weighted by Crippen LogP contribution is -2.07. The lowest BCUT2D eigenvalue weighted by molar-refractivity contribution is 0.160. The second-order valence-electron chi connectivity index (χ2n) is 2.33. The molecule has 0 aromatic heterocycles. The highest BCUT2D eigenvalue weighted by molar-refractivity contribution is 6.32. The molecule has 0 amide bonds. The summed E-state index contributed by atoms with van der Waals surface area (Å²) in [6.45, 7) is -0.219. The second-order valence-corrected chi connectivity index (χ2v) is 2.71. The molecular formula is C7H6ClF2NO2. The van der Waals surface area contributed by atoms with E-state index >= 15 is 0 Å². The van der Waals surface area contributed by atoms with Crippen LogP contribution in [0.1, 0.15) is 5.56 Å². The van der Waals surface area contributed by atoms with Crippen LogP contribution in [0, 0.1) is 11.6 Å². The molecule has 1 rings (SSSR count). The fourth-order valence-corrected chi connectivity index (χ4v) is 1.07. The van der Waals surface area contributed by atoms with E-state index in [4.69, 9.17) is 21.9 Å². The van der Waals surface area contributed by atoms with Crippen molar-refractivity contribution in [1.29, 1.82) is 0 Å². The van der Waals surface area contributed by atoms with Crippen molar-refractivity contribution >= 4 is 11.6 Å². The summed E-state index contributed by atoms with van der Waals surface area (Å²) in [5, 5.41) is 16.7. The van der Waals surface area contributed by atoms with Gasteiger partial charge in [-0.3, -0.25) is 0 Å². The van der Waals surface area contributed by atoms with Crippen LogP contribution in [0.25, 0.3) is 0 Å². The van der Waals surface area contributed by atoms with Crippen LogP contribution in [0.2, 0.25) is 5.02 Å². The van der Waals surface area contributed by atoms with Gasteiger partial charge in [-0.2, -0.15) is 0 Å². The lowest BCUT2D eigenvalue weighted by atomic mass is 10.2. The molecule has 0 spiro atoms. The summed E-state index contributed by atoms with van der Waals surface area (Å²) in [7, 11) is 0. The van der Waals surface area contributed by atoms with Crippen molar-refractivity contribution in [2.75, 3.05) is 0 Å². The van der Waals surface area contributed by atoms with Crippen LogP contribution in [-0.2, 0) is 6.54 Å². The third-order valence-corrected chi connectivity index (χ3v) is 1.83. The maximum Gasteiger partial charge on any atom is 0.181 e. The van der Waals surface area contributed by atoms with E-state index in [1.54, 1.807) is 5.48 Å². The number of hydrogen-bond acceptors (Lipinski definition) is 3. The highest BCUT2D eigenvalue weighted by atomic mass is 35.5. The maximum absolute atomic E-state index is 12.7. The van der Waals surface area contributed by atoms with Crippen LogP contribution >= 0.6 is 11.6 Å². The Morgan fingerprint density at radius 3 is 2.62 bits per heavy atom. The summed E-state index contributed by atoms with van der Waals surface area (Å²) in [5.41, 5.74) is 1.67. The van der Waals surface area contributed by atoms with Crippen LogP contribution in [0.3, 0.4) is 0 Å². The van der Waals surface area contributed by atoms with E-state index in [0.717, 1.165) is 6.07 Å². The Kier molecular flexibility index (Phi) is 3.02. The van der Waals surface area contributed by atoms with Crippen molar-refractivity contribution in [1.82, 2.24) is 5.48 Å². The third-order valence-electron chi connectivity index (χ3n) is 1.48. The van der Waals surface area contributed by atoms with E-state index in [1.165, 1.54) is 0 Å². The van der Waals surface area contributed by atoms with E-state index in [1.807, 2.05) is 0 Å². The van der Waals surface area contributed by atoms with Gasteiger partial charge >= 0.3 is 0 Å². The van der Waals surface area contributed by atoms with Crippen LogP contribution in [0.4, 0.5) is 8.78 Å². The van der Waals surface area contributed by atoms with Crippen LogP contribution in [0.15, 0.2) is 6.07 Å². The third kappa shape index (κ3) is 1.88. The molecule has 0 heterocycles. The average molecular weight is 210 g/mol. The number of benzene rings is 1. The molecule has 0 atom stereocenters. The Hall–Kier alpha value is -0.910. The smallest absolute Gasteiger partial charge is 0.181 e. The van der Waals surface area contributed by atoms with Crippen molar-refractivity contribution in [3.8, 4) is 5.75 Å². The molecule has 1 aromatic carbocycles. The van der Waals surface area contributed by atoms with Crippen molar-refractivity contribution < 1.29 is 19.1 Å². The Morgan fingerprint density at radius 2 is 2.08 bits per heavy atom. The molecule has 0 radical (unpaired) electrons. The fourth-order valence-electron chi connectivity index (χ4n) is 0.854.